The molecule has 0 aliphatic carbocycles. The summed E-state index contributed by atoms with van der Waals surface area (Å²) in [6.07, 6.45) is 0.270. The third-order valence-corrected chi connectivity index (χ3v) is 5.33. The van der Waals surface area contributed by atoms with Crippen LogP contribution in [0.25, 0.3) is 0 Å². The molecule has 3 aromatic carbocycles. The summed E-state index contributed by atoms with van der Waals surface area (Å²) in [6.45, 7) is 0.879. The fourth-order valence-electron chi connectivity index (χ4n) is 3.72. The molecule has 3 aromatic rings. The maximum Gasteiger partial charge on any atom is 0.322 e. The highest BCUT2D eigenvalue weighted by atomic mass is 16.5. The number of para-hydroxylation sites is 1. The number of hydrogen-bond acceptors (Lipinski definition) is 3. The minimum absolute atomic E-state index is 0.00946. The van der Waals surface area contributed by atoms with Gasteiger partial charge in [-0.25, -0.2) is 4.79 Å². The number of nitrogens with zero attached hydrogens (tertiary/aromatic N) is 2. The quantitative estimate of drug-likeness (QED) is 0.656. The number of carbonyl (C=O) groups excluding carboxylic acids is 2. The minimum atomic E-state index is -0.260. The molecule has 1 N–H and O–H groups in total. The Morgan fingerprint density at radius 1 is 1.00 bits per heavy atom. The normalized spacial score (nSPS) is 15.6. The number of carbonyl (C=O) groups is 2. The third-order valence-electron chi connectivity index (χ3n) is 5.33. The topological polar surface area (TPSA) is 61.9 Å². The van der Waals surface area contributed by atoms with E-state index in [9.17, 15) is 9.59 Å². The van der Waals surface area contributed by atoms with Crippen molar-refractivity contribution >= 4 is 23.3 Å². The van der Waals surface area contributed by atoms with E-state index in [1.54, 1.807) is 16.9 Å². The van der Waals surface area contributed by atoms with Gasteiger partial charge in [-0.15, -0.1) is 0 Å². The van der Waals surface area contributed by atoms with E-state index in [4.69, 9.17) is 4.74 Å². The fraction of sp³-hybridized carbons (Fsp3) is 0.200. The number of rotatable bonds is 6. The van der Waals surface area contributed by atoms with Crippen molar-refractivity contribution in [1.82, 2.24) is 5.32 Å². The van der Waals surface area contributed by atoms with E-state index in [1.807, 2.05) is 84.9 Å². The van der Waals surface area contributed by atoms with Gasteiger partial charge in [0.1, 0.15) is 5.75 Å². The second kappa shape index (κ2) is 9.34. The van der Waals surface area contributed by atoms with Gasteiger partial charge in [-0.2, -0.15) is 0 Å². The lowest BCUT2D eigenvalue weighted by molar-refractivity contribution is -0.117. The van der Waals surface area contributed by atoms with Crippen molar-refractivity contribution in [2.45, 2.75) is 19.0 Å². The first-order valence-corrected chi connectivity index (χ1v) is 10.3. The predicted octanol–water partition coefficient (Wildman–Crippen LogP) is 4.22. The molecule has 0 saturated carbocycles. The Kier molecular flexibility index (Phi) is 6.17. The van der Waals surface area contributed by atoms with Gasteiger partial charge in [0.15, 0.2) is 0 Å². The van der Waals surface area contributed by atoms with Crippen molar-refractivity contribution in [2.75, 3.05) is 23.5 Å². The van der Waals surface area contributed by atoms with Crippen LogP contribution in [-0.2, 0) is 11.3 Å². The van der Waals surface area contributed by atoms with Crippen molar-refractivity contribution in [3.8, 4) is 5.75 Å². The zero-order valence-corrected chi connectivity index (χ0v) is 17.4. The Balaban J connectivity index is 1.47. The number of ether oxygens (including phenoxy) is 1. The van der Waals surface area contributed by atoms with Crippen molar-refractivity contribution in [3.63, 3.8) is 0 Å². The molecule has 6 heteroatoms. The van der Waals surface area contributed by atoms with Gasteiger partial charge in [0.25, 0.3) is 0 Å². The summed E-state index contributed by atoms with van der Waals surface area (Å²) >= 11 is 0. The molecule has 0 unspecified atom stereocenters. The van der Waals surface area contributed by atoms with E-state index in [2.05, 4.69) is 5.32 Å². The largest absolute Gasteiger partial charge is 0.497 e. The van der Waals surface area contributed by atoms with Gasteiger partial charge < -0.3 is 15.0 Å². The number of methoxy groups -OCH3 is 1. The summed E-state index contributed by atoms with van der Waals surface area (Å²) in [7, 11) is 1.61. The molecule has 1 saturated heterocycles. The first-order valence-electron chi connectivity index (χ1n) is 10.3. The number of anilines is 2. The highest BCUT2D eigenvalue weighted by molar-refractivity contribution is 5.98. The lowest BCUT2D eigenvalue weighted by Gasteiger charge is -2.25. The van der Waals surface area contributed by atoms with Crippen LogP contribution in [0.15, 0.2) is 84.9 Å². The highest BCUT2D eigenvalue weighted by Gasteiger charge is 2.32. The van der Waals surface area contributed by atoms with E-state index in [0.717, 1.165) is 22.7 Å². The van der Waals surface area contributed by atoms with Crippen LogP contribution in [0.3, 0.4) is 0 Å². The first kappa shape index (κ1) is 20.5. The molecule has 6 nitrogen and oxygen atoms in total. The lowest BCUT2D eigenvalue weighted by Crippen LogP contribution is -2.45. The maximum absolute atomic E-state index is 13.2. The summed E-state index contributed by atoms with van der Waals surface area (Å²) in [5, 5.41) is 3.05. The van der Waals surface area contributed by atoms with Crippen LogP contribution in [0.4, 0.5) is 16.2 Å². The molecule has 31 heavy (non-hydrogen) atoms. The SMILES string of the molecule is COc1ccc(N2C[C@@H](NC(=O)N(Cc3ccccc3)c3ccccc3)CC2=O)cc1. The average Bonchev–Trinajstić information content (AvgIpc) is 3.18. The number of benzene rings is 3. The van der Waals surface area contributed by atoms with Crippen LogP contribution < -0.4 is 19.9 Å². The standard InChI is InChI=1S/C25H25N3O3/c1-31-23-14-12-22(13-15-23)27-18-20(16-24(27)29)26-25(30)28(21-10-6-3-7-11-21)17-19-8-4-2-5-9-19/h2-15,20H,16-18H2,1H3,(H,26,30)/t20-/m0/s1. The van der Waals surface area contributed by atoms with Crippen LogP contribution in [0, 0.1) is 0 Å². The summed E-state index contributed by atoms with van der Waals surface area (Å²) in [6, 6.07) is 26.3. The highest BCUT2D eigenvalue weighted by Crippen LogP contribution is 2.25. The van der Waals surface area contributed by atoms with Crippen molar-refractivity contribution < 1.29 is 14.3 Å². The molecular formula is C25H25N3O3. The third kappa shape index (κ3) is 4.86. The Labute approximate surface area is 182 Å². The second-order valence-electron chi connectivity index (χ2n) is 7.46. The lowest BCUT2D eigenvalue weighted by atomic mass is 10.2. The smallest absolute Gasteiger partial charge is 0.322 e. The monoisotopic (exact) mass is 415 g/mol. The molecule has 0 radical (unpaired) electrons. The first-order chi connectivity index (χ1) is 15.1. The average molecular weight is 415 g/mol. The van der Waals surface area contributed by atoms with Crippen molar-refractivity contribution in [1.29, 1.82) is 0 Å². The molecule has 1 heterocycles. The van der Waals surface area contributed by atoms with Crippen LogP contribution in [0.5, 0.6) is 5.75 Å². The molecule has 3 amide bonds. The summed E-state index contributed by atoms with van der Waals surface area (Å²) in [5.41, 5.74) is 2.63. The van der Waals surface area contributed by atoms with Gasteiger partial charge in [0.2, 0.25) is 5.91 Å². The Hall–Kier alpha value is -3.80. The molecule has 0 bridgehead atoms. The minimum Gasteiger partial charge on any atom is -0.497 e. The van der Waals surface area contributed by atoms with Gasteiger partial charge in [-0.05, 0) is 42.0 Å². The molecular weight excluding hydrogens is 390 g/mol. The molecule has 1 fully saturated rings. The predicted molar refractivity (Wildman–Crippen MR) is 121 cm³/mol. The molecule has 0 aromatic heterocycles. The zero-order valence-electron chi connectivity index (χ0n) is 17.4. The van der Waals surface area contributed by atoms with Gasteiger partial charge in [0, 0.05) is 24.3 Å². The molecule has 1 aliphatic heterocycles. The Morgan fingerprint density at radius 2 is 1.65 bits per heavy atom. The second-order valence-corrected chi connectivity index (χ2v) is 7.46. The number of hydrogen-bond donors (Lipinski definition) is 1. The van der Waals surface area contributed by atoms with Crippen LogP contribution in [-0.4, -0.2) is 31.6 Å². The van der Waals surface area contributed by atoms with Crippen LogP contribution >= 0.6 is 0 Å². The van der Waals surface area contributed by atoms with Crippen molar-refractivity contribution in [3.05, 3.63) is 90.5 Å². The molecule has 158 valence electrons. The van der Waals surface area contributed by atoms with Crippen LogP contribution in [0.1, 0.15) is 12.0 Å². The number of amides is 3. The van der Waals surface area contributed by atoms with E-state index in [1.165, 1.54) is 0 Å². The molecule has 1 aliphatic rings. The van der Waals surface area contributed by atoms with Crippen molar-refractivity contribution in [2.24, 2.45) is 0 Å². The van der Waals surface area contributed by atoms with Gasteiger partial charge in [0.05, 0.1) is 19.7 Å². The van der Waals surface area contributed by atoms with Gasteiger partial charge in [-0.3, -0.25) is 9.69 Å². The van der Waals surface area contributed by atoms with E-state index in [-0.39, 0.29) is 24.4 Å². The molecule has 4 rings (SSSR count). The number of urea groups is 1. The van der Waals surface area contributed by atoms with Gasteiger partial charge in [-0.1, -0.05) is 48.5 Å². The van der Waals surface area contributed by atoms with Crippen LogP contribution in [0.2, 0.25) is 0 Å². The summed E-state index contributed by atoms with van der Waals surface area (Å²) in [5.74, 6) is 0.726. The summed E-state index contributed by atoms with van der Waals surface area (Å²) in [4.78, 5) is 29.2. The molecule has 0 spiro atoms. The Morgan fingerprint density at radius 3 is 2.29 bits per heavy atom. The van der Waals surface area contributed by atoms with Gasteiger partial charge >= 0.3 is 6.03 Å². The van der Waals surface area contributed by atoms with E-state index >= 15 is 0 Å². The van der Waals surface area contributed by atoms with E-state index < -0.39 is 0 Å². The maximum atomic E-state index is 13.2. The molecule has 1 atom stereocenters. The zero-order chi connectivity index (χ0) is 21.6. The fourth-order valence-corrected chi connectivity index (χ4v) is 3.72. The number of nitrogens with one attached hydrogen (secondary N) is 1. The van der Waals surface area contributed by atoms with E-state index in [0.29, 0.717) is 13.1 Å². The Bertz CT molecular complexity index is 1020. The summed E-state index contributed by atoms with van der Waals surface area (Å²) < 4.78 is 5.18.